The fourth-order valence-electron chi connectivity index (χ4n) is 4.12. The Morgan fingerprint density at radius 2 is 1.72 bits per heavy atom. The van der Waals surface area contributed by atoms with Gasteiger partial charge in [0.05, 0.1) is 31.0 Å². The number of azo groups is 1. The first kappa shape index (κ1) is 24.0. The van der Waals surface area contributed by atoms with E-state index in [9.17, 15) is 9.90 Å². The molecule has 184 valence electrons. The number of nitrogens with zero attached hydrogens (tertiary/aromatic N) is 4. The molecule has 1 N–H and O–H groups in total. The number of amides is 1. The number of hydrogen-bond acceptors (Lipinski definition) is 6. The molecule has 0 atom stereocenters. The minimum atomic E-state index is -0.564. The number of morpholine rings is 1. The van der Waals surface area contributed by atoms with Crippen LogP contribution in [0.5, 0.6) is 11.6 Å². The Labute approximate surface area is 213 Å². The first-order valence-electron chi connectivity index (χ1n) is 11.6. The topological polar surface area (TPSA) is 88.6 Å². The van der Waals surface area contributed by atoms with E-state index in [2.05, 4.69) is 15.1 Å². The fourth-order valence-corrected chi connectivity index (χ4v) is 4.24. The second kappa shape index (κ2) is 10.9. The van der Waals surface area contributed by atoms with Gasteiger partial charge in [0.15, 0.2) is 5.69 Å². The highest BCUT2D eigenvalue weighted by atomic mass is 35.5. The van der Waals surface area contributed by atoms with E-state index in [1.54, 1.807) is 41.0 Å². The summed E-state index contributed by atoms with van der Waals surface area (Å²) in [5, 5.41) is 20.5. The van der Waals surface area contributed by atoms with E-state index in [1.807, 2.05) is 36.4 Å². The van der Waals surface area contributed by atoms with Crippen molar-refractivity contribution in [3.8, 4) is 11.6 Å². The number of benzene rings is 3. The van der Waals surface area contributed by atoms with Crippen LogP contribution in [0.2, 0.25) is 5.02 Å². The van der Waals surface area contributed by atoms with Crippen LogP contribution in [0.25, 0.3) is 10.9 Å². The third-order valence-electron chi connectivity index (χ3n) is 6.03. The van der Waals surface area contributed by atoms with E-state index < -0.39 is 5.91 Å². The second-order valence-electron chi connectivity index (χ2n) is 8.41. The molecule has 0 radical (unpaired) electrons. The number of carbonyl (C=O) groups excluding carboxylic acids is 1. The van der Waals surface area contributed by atoms with Gasteiger partial charge in [-0.2, -0.15) is 0 Å². The Morgan fingerprint density at radius 1 is 1.00 bits per heavy atom. The van der Waals surface area contributed by atoms with Gasteiger partial charge in [0.1, 0.15) is 12.4 Å². The molecule has 1 amide bonds. The number of halogens is 1. The van der Waals surface area contributed by atoms with E-state index in [1.165, 1.54) is 0 Å². The summed E-state index contributed by atoms with van der Waals surface area (Å²) < 4.78 is 13.1. The van der Waals surface area contributed by atoms with E-state index >= 15 is 0 Å². The molecule has 0 bridgehead atoms. The molecule has 0 aliphatic carbocycles. The van der Waals surface area contributed by atoms with Gasteiger partial charge in [0, 0.05) is 23.5 Å². The summed E-state index contributed by atoms with van der Waals surface area (Å²) in [7, 11) is 0. The third kappa shape index (κ3) is 5.26. The van der Waals surface area contributed by atoms with Gasteiger partial charge in [0.25, 0.3) is 5.91 Å². The molecule has 1 aromatic heterocycles. The standard InChI is InChI=1S/C27H25ClN4O4/c28-20-11-9-19(10-12-20)17-36-24-8-4-2-6-22(24)26(33)30-29-25-21-5-1-3-7-23(21)32(27(25)34)18-31-13-15-35-16-14-31/h1-12,34H,13-18H2. The van der Waals surface area contributed by atoms with Gasteiger partial charge in [-0.3, -0.25) is 14.3 Å². The van der Waals surface area contributed by atoms with Crippen molar-refractivity contribution < 1.29 is 19.4 Å². The largest absolute Gasteiger partial charge is 0.493 e. The lowest BCUT2D eigenvalue weighted by atomic mass is 10.2. The van der Waals surface area contributed by atoms with Crippen molar-refractivity contribution in [3.05, 3.63) is 88.9 Å². The van der Waals surface area contributed by atoms with Crippen molar-refractivity contribution in [1.82, 2.24) is 9.47 Å². The lowest BCUT2D eigenvalue weighted by Crippen LogP contribution is -2.37. The van der Waals surface area contributed by atoms with Crippen LogP contribution in [-0.2, 0) is 18.0 Å². The van der Waals surface area contributed by atoms with Crippen LogP contribution < -0.4 is 4.74 Å². The van der Waals surface area contributed by atoms with Gasteiger partial charge in [-0.1, -0.05) is 54.1 Å². The summed E-state index contributed by atoms with van der Waals surface area (Å²) in [5.74, 6) is -0.201. The van der Waals surface area contributed by atoms with Gasteiger partial charge in [-0.15, -0.1) is 10.2 Å². The summed E-state index contributed by atoms with van der Waals surface area (Å²) in [6, 6.07) is 21.7. The average molecular weight is 505 g/mol. The zero-order valence-electron chi connectivity index (χ0n) is 19.5. The summed E-state index contributed by atoms with van der Waals surface area (Å²) >= 11 is 5.94. The lowest BCUT2D eigenvalue weighted by Gasteiger charge is -2.27. The molecule has 8 nitrogen and oxygen atoms in total. The van der Waals surface area contributed by atoms with E-state index in [0.717, 1.165) is 24.2 Å². The molecule has 1 aliphatic rings. The Balaban J connectivity index is 1.38. The molecule has 36 heavy (non-hydrogen) atoms. The Morgan fingerprint density at radius 3 is 2.53 bits per heavy atom. The molecule has 1 saturated heterocycles. The Kier molecular flexibility index (Phi) is 7.27. The van der Waals surface area contributed by atoms with Gasteiger partial charge in [-0.25, -0.2) is 0 Å². The number of ether oxygens (including phenoxy) is 2. The number of fused-ring (bicyclic) bond motifs is 1. The van der Waals surface area contributed by atoms with Crippen molar-refractivity contribution >= 4 is 34.1 Å². The number of hydrogen-bond donors (Lipinski definition) is 1. The smallest absolute Gasteiger partial charge is 0.299 e. The number of carbonyl (C=O) groups is 1. The summed E-state index contributed by atoms with van der Waals surface area (Å²) in [4.78, 5) is 15.2. The monoisotopic (exact) mass is 504 g/mol. The molecule has 0 spiro atoms. The van der Waals surface area contributed by atoms with Gasteiger partial charge in [-0.05, 0) is 35.9 Å². The molecular formula is C27H25ClN4O4. The minimum Gasteiger partial charge on any atom is -0.493 e. The van der Waals surface area contributed by atoms with Crippen LogP contribution in [0.4, 0.5) is 5.69 Å². The maximum atomic E-state index is 13.0. The SMILES string of the molecule is O=C(N=Nc1c(O)n(CN2CCOCC2)c2ccccc12)c1ccccc1OCc1ccc(Cl)cc1. The van der Waals surface area contributed by atoms with Crippen LogP contribution in [0.1, 0.15) is 15.9 Å². The lowest BCUT2D eigenvalue weighted by molar-refractivity contribution is 0.0231. The molecular weight excluding hydrogens is 480 g/mol. The third-order valence-corrected chi connectivity index (χ3v) is 6.28. The van der Waals surface area contributed by atoms with Crippen molar-refractivity contribution in [2.45, 2.75) is 13.3 Å². The van der Waals surface area contributed by atoms with Crippen molar-refractivity contribution in [2.75, 3.05) is 26.3 Å². The van der Waals surface area contributed by atoms with E-state index in [0.29, 0.717) is 36.0 Å². The molecule has 0 unspecified atom stereocenters. The molecule has 1 fully saturated rings. The maximum absolute atomic E-state index is 13.0. The van der Waals surface area contributed by atoms with E-state index in [4.69, 9.17) is 21.1 Å². The Bertz CT molecular complexity index is 1390. The molecule has 3 aromatic carbocycles. The summed E-state index contributed by atoms with van der Waals surface area (Å²) in [5.41, 5.74) is 2.27. The quantitative estimate of drug-likeness (QED) is 0.322. The molecule has 5 rings (SSSR count). The number of rotatable bonds is 7. The maximum Gasteiger partial charge on any atom is 0.299 e. The second-order valence-corrected chi connectivity index (χ2v) is 8.84. The van der Waals surface area contributed by atoms with Crippen molar-refractivity contribution in [2.24, 2.45) is 10.2 Å². The van der Waals surface area contributed by atoms with Crippen LogP contribution >= 0.6 is 11.6 Å². The van der Waals surface area contributed by atoms with Crippen LogP contribution in [-0.4, -0.2) is 46.8 Å². The highest BCUT2D eigenvalue weighted by Crippen LogP contribution is 2.39. The van der Waals surface area contributed by atoms with Crippen molar-refractivity contribution in [1.29, 1.82) is 0 Å². The zero-order chi connectivity index (χ0) is 24.9. The van der Waals surface area contributed by atoms with Crippen LogP contribution in [0.3, 0.4) is 0 Å². The average Bonchev–Trinajstić information content (AvgIpc) is 3.18. The molecule has 2 heterocycles. The molecule has 9 heteroatoms. The van der Waals surface area contributed by atoms with Crippen LogP contribution in [0, 0.1) is 0 Å². The predicted octanol–water partition coefficient (Wildman–Crippen LogP) is 5.79. The minimum absolute atomic E-state index is 0.0356. The summed E-state index contributed by atoms with van der Waals surface area (Å²) in [6.45, 7) is 3.61. The molecule has 4 aromatic rings. The Hall–Kier alpha value is -3.72. The highest BCUT2D eigenvalue weighted by Gasteiger charge is 2.20. The first-order chi connectivity index (χ1) is 17.6. The van der Waals surface area contributed by atoms with E-state index in [-0.39, 0.29) is 23.7 Å². The first-order valence-corrected chi connectivity index (χ1v) is 12.0. The molecule has 1 aliphatic heterocycles. The van der Waals surface area contributed by atoms with Crippen molar-refractivity contribution in [3.63, 3.8) is 0 Å². The number of aromatic nitrogens is 1. The van der Waals surface area contributed by atoms with Gasteiger partial charge < -0.3 is 14.6 Å². The van der Waals surface area contributed by atoms with Crippen LogP contribution in [0.15, 0.2) is 83.0 Å². The predicted molar refractivity (Wildman–Crippen MR) is 137 cm³/mol. The number of aromatic hydroxyl groups is 1. The normalized spacial score (nSPS) is 14.5. The molecule has 0 saturated carbocycles. The fraction of sp³-hybridized carbons (Fsp3) is 0.222. The number of para-hydroxylation sites is 2. The van der Waals surface area contributed by atoms with Gasteiger partial charge >= 0.3 is 0 Å². The highest BCUT2D eigenvalue weighted by molar-refractivity contribution is 6.30. The summed E-state index contributed by atoms with van der Waals surface area (Å²) in [6.07, 6.45) is 0. The van der Waals surface area contributed by atoms with Gasteiger partial charge in [0.2, 0.25) is 5.88 Å². The zero-order valence-corrected chi connectivity index (χ0v) is 20.3.